The highest BCUT2D eigenvalue weighted by atomic mass is 35.5. The molecule has 3 heterocycles. The molecule has 0 radical (unpaired) electrons. The Morgan fingerprint density at radius 1 is 0.600 bits per heavy atom. The Kier molecular flexibility index (Phi) is 26.6. The zero-order chi connectivity index (χ0) is 54.4. The van der Waals surface area contributed by atoms with Crippen LogP contribution in [0.4, 0.5) is 5.95 Å². The molecule has 0 unspecified atom stereocenters. The first-order valence-electron chi connectivity index (χ1n) is 22.5. The lowest BCUT2D eigenvalue weighted by Gasteiger charge is -2.11. The fourth-order valence-electron chi connectivity index (χ4n) is 6.31. The molecule has 0 saturated carbocycles. The van der Waals surface area contributed by atoms with Crippen LogP contribution in [0.5, 0.6) is 17.2 Å². The van der Waals surface area contributed by atoms with E-state index in [1.165, 1.54) is 18.0 Å². The number of aromatic nitrogens is 9. The summed E-state index contributed by atoms with van der Waals surface area (Å²) >= 11 is 16.6. The fraction of sp³-hybridized carbons (Fsp3) is 0.235. The molecule has 0 aliphatic carbocycles. The van der Waals surface area contributed by atoms with Crippen LogP contribution in [0.3, 0.4) is 0 Å². The number of ether oxygens (including phenoxy) is 3. The van der Waals surface area contributed by atoms with Crippen LogP contribution < -0.4 is 41.3 Å². The number of rotatable bonds is 12. The summed E-state index contributed by atoms with van der Waals surface area (Å²) in [5, 5.41) is 46.7. The van der Waals surface area contributed by atoms with Crippen molar-refractivity contribution in [2.24, 2.45) is 5.73 Å². The monoisotopic (exact) mass is 1120 g/mol. The maximum Gasteiger partial charge on any atom is 0.492 e. The van der Waals surface area contributed by atoms with E-state index >= 15 is 0 Å². The Morgan fingerprint density at radius 2 is 1.05 bits per heavy atom. The summed E-state index contributed by atoms with van der Waals surface area (Å²) in [6.45, 7) is 14.7. The predicted molar refractivity (Wildman–Crippen MR) is 305 cm³/mol. The van der Waals surface area contributed by atoms with Gasteiger partial charge in [0.1, 0.15) is 35.8 Å². The van der Waals surface area contributed by atoms with Gasteiger partial charge < -0.3 is 45.4 Å². The number of nitrogens with one attached hydrogen (secondary N) is 1. The van der Waals surface area contributed by atoms with Crippen LogP contribution in [-0.4, -0.2) is 116 Å². The molecule has 0 spiro atoms. The normalized spacial score (nSPS) is 10.3. The second-order valence-corrected chi connectivity index (χ2v) is 22.8. The van der Waals surface area contributed by atoms with Gasteiger partial charge in [-0.1, -0.05) is 111 Å². The van der Waals surface area contributed by atoms with E-state index in [0.717, 1.165) is 44.9 Å². The zero-order valence-corrected chi connectivity index (χ0v) is 47.3. The third-order valence-electron chi connectivity index (χ3n) is 10.3. The minimum absolute atomic E-state index is 0. The molecule has 3 aromatic heterocycles. The molecule has 0 aliphatic heterocycles. The topological polar surface area (TPSA) is 271 Å². The van der Waals surface area contributed by atoms with Crippen molar-refractivity contribution in [1.29, 1.82) is 0 Å². The highest BCUT2D eigenvalue weighted by molar-refractivity contribution is 7.70. The Labute approximate surface area is 454 Å². The highest BCUT2D eigenvalue weighted by Crippen LogP contribution is 2.35. The van der Waals surface area contributed by atoms with Gasteiger partial charge in [0.15, 0.2) is 5.15 Å². The molecule has 8 rings (SSSR count). The molecule has 7 N–H and O–H groups in total. The van der Waals surface area contributed by atoms with Crippen LogP contribution >= 0.6 is 49.9 Å². The summed E-state index contributed by atoms with van der Waals surface area (Å²) in [5.41, 5.74) is 13.3. The average Bonchev–Trinajstić information content (AvgIpc) is 3.40. The quantitative estimate of drug-likeness (QED) is 0.0672. The number of para-hydroxylation sites is 3. The first kappa shape index (κ1) is 63.1. The van der Waals surface area contributed by atoms with E-state index in [1.807, 2.05) is 86.6 Å². The predicted octanol–water partition coefficient (Wildman–Crippen LogP) is 7.77. The van der Waals surface area contributed by atoms with Crippen LogP contribution in [0.1, 0.15) is 28.2 Å². The fourth-order valence-corrected chi connectivity index (χ4v) is 8.33. The van der Waals surface area contributed by atoms with E-state index in [9.17, 15) is 4.57 Å². The highest BCUT2D eigenvalue weighted by Gasteiger charge is 2.16. The summed E-state index contributed by atoms with van der Waals surface area (Å²) in [7, 11) is 1.08. The van der Waals surface area contributed by atoms with Crippen LogP contribution in [0.2, 0.25) is 15.7 Å². The maximum atomic E-state index is 12.1. The minimum Gasteiger partial charge on any atom is -0.497 e. The molecule has 0 saturated heterocycles. The molecule has 75 heavy (non-hydrogen) atoms. The first-order chi connectivity index (χ1) is 35.3. The number of hydrogen-bond donors (Lipinski definition) is 4. The smallest absolute Gasteiger partial charge is 0.492 e. The van der Waals surface area contributed by atoms with E-state index < -0.39 is 14.3 Å². The third kappa shape index (κ3) is 20.1. The van der Waals surface area contributed by atoms with E-state index in [-0.39, 0.29) is 24.0 Å². The van der Waals surface area contributed by atoms with Crippen LogP contribution in [0.25, 0.3) is 22.5 Å². The molecular weight excluding hydrogens is 1060 g/mol. The number of methoxy groups -OCH3 is 3. The number of anilines is 1. The van der Waals surface area contributed by atoms with Gasteiger partial charge in [-0.25, -0.2) is 15.0 Å². The van der Waals surface area contributed by atoms with Gasteiger partial charge in [0.25, 0.3) is 0 Å². The van der Waals surface area contributed by atoms with Crippen molar-refractivity contribution in [3.8, 4) is 39.8 Å². The Bertz CT molecular complexity index is 3080. The Balaban J connectivity index is 0.000000264. The molecule has 8 aromatic rings. The van der Waals surface area contributed by atoms with Crippen molar-refractivity contribution in [3.63, 3.8) is 0 Å². The molecular formula is C51H61BCl3N11O7P2. The molecule has 396 valence electrons. The summed E-state index contributed by atoms with van der Waals surface area (Å²) in [4.78, 5) is 12.4. The lowest BCUT2D eigenvalue weighted by Crippen LogP contribution is -2.30. The molecule has 0 amide bonds. The largest absolute Gasteiger partial charge is 0.497 e. The van der Waals surface area contributed by atoms with E-state index in [1.54, 1.807) is 58.7 Å². The van der Waals surface area contributed by atoms with Gasteiger partial charge in [0.05, 0.1) is 38.4 Å². The van der Waals surface area contributed by atoms with Gasteiger partial charge in [-0.3, -0.25) is 0 Å². The number of halogens is 3. The van der Waals surface area contributed by atoms with Gasteiger partial charge in [-0.15, -0.1) is 25.5 Å². The van der Waals surface area contributed by atoms with Crippen molar-refractivity contribution in [1.82, 2.24) is 45.5 Å². The zero-order valence-electron chi connectivity index (χ0n) is 43.2. The third-order valence-corrected chi connectivity index (χ3v) is 13.8. The average molecular weight is 1120 g/mol. The van der Waals surface area contributed by atoms with Crippen molar-refractivity contribution in [2.45, 2.75) is 33.9 Å². The standard InChI is InChI=1S/C20H23N4O2P.C11H10ClN3O.C9H14NP.C7H9BO3.C4H3Cl2N3.H2O/c1-14-19(17-7-5-6-8-18(17)26-2)22-20(24-23-14)21-13-15-9-11-16(12-10-15)27(3,4)25;1-7-10(13-11(12)15-14-7)8-5-3-4-6-9(8)16-2;1-11(2)9-5-3-8(7-10)4-6-9;1-11-7-5-3-2-4-6(7)8(9)10;1-2-3(5)7-4(6)9-8-2;/h5-12H,13H2,1-4H3,(H,21,22,24);3-6H,1-2H3;3-6H,7,10H2,1-2H3;2-5,9-10H,1H3;1H3;1H2. The number of aryl methyl sites for hydroxylation is 3. The summed E-state index contributed by atoms with van der Waals surface area (Å²) in [6, 6.07) is 38.4. The SMILES string of the molecule is COc1ccccc1-c1nc(Cl)nnc1C.COc1ccccc1-c1nc(NCc2ccc(P(C)(C)=O)cc2)nnc1C.COc1ccccc1B(O)O.CP(C)c1ccc(CN)cc1.Cc1nnc(Cl)nc1Cl.O. The Morgan fingerprint density at radius 3 is 1.51 bits per heavy atom. The van der Waals surface area contributed by atoms with Gasteiger partial charge in [-0.2, -0.15) is 5.10 Å². The number of hydrogen-bond acceptors (Lipinski definition) is 17. The molecule has 0 aliphatic rings. The number of nitrogens with two attached hydrogens (primary N) is 1. The molecule has 0 bridgehead atoms. The van der Waals surface area contributed by atoms with Gasteiger partial charge in [0, 0.05) is 35.0 Å². The van der Waals surface area contributed by atoms with E-state index in [0.29, 0.717) is 52.5 Å². The minimum atomic E-state index is -2.24. The Hall–Kier alpha value is -6.24. The van der Waals surface area contributed by atoms with Gasteiger partial charge >= 0.3 is 7.12 Å². The van der Waals surface area contributed by atoms with Gasteiger partial charge in [-0.05, 0) is 117 Å². The molecule has 0 fully saturated rings. The first-order valence-corrected chi connectivity index (χ1v) is 28.5. The summed E-state index contributed by atoms with van der Waals surface area (Å²) in [5.74, 6) is 2.41. The van der Waals surface area contributed by atoms with Crippen LogP contribution in [0, 0.1) is 20.8 Å². The van der Waals surface area contributed by atoms with Crippen LogP contribution in [0.15, 0.2) is 121 Å². The lowest BCUT2D eigenvalue weighted by atomic mass is 9.80. The second kappa shape index (κ2) is 31.6. The lowest BCUT2D eigenvalue weighted by molar-refractivity contribution is 0.403. The van der Waals surface area contributed by atoms with Crippen LogP contribution in [-0.2, 0) is 17.7 Å². The second-order valence-electron chi connectivity index (χ2n) is 16.2. The van der Waals surface area contributed by atoms with Crippen molar-refractivity contribution < 1.29 is 34.3 Å². The summed E-state index contributed by atoms with van der Waals surface area (Å²) in [6.07, 6.45) is 0. The molecule has 24 heteroatoms. The number of nitrogens with zero attached hydrogens (tertiary/aromatic N) is 9. The molecule has 0 atom stereocenters. The maximum absolute atomic E-state index is 12.1. The van der Waals surface area contributed by atoms with Crippen molar-refractivity contribution >= 4 is 79.0 Å². The molecule has 5 aromatic carbocycles. The van der Waals surface area contributed by atoms with E-state index in [4.69, 9.17) is 64.8 Å². The summed E-state index contributed by atoms with van der Waals surface area (Å²) < 4.78 is 27.7. The number of benzene rings is 5. The molecule has 18 nitrogen and oxygen atoms in total. The van der Waals surface area contributed by atoms with Crippen molar-refractivity contribution in [2.75, 3.05) is 53.3 Å². The van der Waals surface area contributed by atoms with Gasteiger partial charge in [0.2, 0.25) is 16.5 Å². The van der Waals surface area contributed by atoms with E-state index in [2.05, 4.69) is 88.5 Å². The van der Waals surface area contributed by atoms with Crippen molar-refractivity contribution in [3.05, 3.63) is 165 Å².